The molecule has 0 aromatic heterocycles. The summed E-state index contributed by atoms with van der Waals surface area (Å²) in [6.45, 7) is 5.09. The molecule has 0 bridgehead atoms. The standard InChI is InChI=1S/C15H19F2NO3S/c1-5-12(15(20)21-4)22-13-7-11(9(16)6-10(13)17)18-14(19)8(2)3/h6-8,12H,5H2,1-4H3,(H,18,19). The van der Waals surface area contributed by atoms with E-state index in [1.807, 2.05) is 0 Å². The Bertz CT molecular complexity index is 564. The van der Waals surface area contributed by atoms with Gasteiger partial charge in [-0.3, -0.25) is 9.59 Å². The second-order valence-corrected chi connectivity index (χ2v) is 6.19. The molecule has 4 nitrogen and oxygen atoms in total. The fraction of sp³-hybridized carbons (Fsp3) is 0.467. The van der Waals surface area contributed by atoms with Crippen LogP contribution in [-0.2, 0) is 14.3 Å². The summed E-state index contributed by atoms with van der Waals surface area (Å²) in [7, 11) is 1.25. The quantitative estimate of drug-likeness (QED) is 0.639. The minimum Gasteiger partial charge on any atom is -0.468 e. The molecule has 7 heteroatoms. The summed E-state index contributed by atoms with van der Waals surface area (Å²) in [6, 6.07) is 1.89. The van der Waals surface area contributed by atoms with Crippen molar-refractivity contribution in [2.75, 3.05) is 12.4 Å². The summed E-state index contributed by atoms with van der Waals surface area (Å²) >= 11 is 0.939. The summed E-state index contributed by atoms with van der Waals surface area (Å²) in [6.07, 6.45) is 0.432. The van der Waals surface area contributed by atoms with Crippen molar-refractivity contribution in [3.8, 4) is 0 Å². The van der Waals surface area contributed by atoms with Crippen molar-refractivity contribution < 1.29 is 23.1 Å². The summed E-state index contributed by atoms with van der Waals surface area (Å²) in [5, 5.41) is 1.80. The summed E-state index contributed by atoms with van der Waals surface area (Å²) < 4.78 is 32.2. The van der Waals surface area contributed by atoms with Crippen molar-refractivity contribution in [3.63, 3.8) is 0 Å². The first-order valence-corrected chi connectivity index (χ1v) is 7.72. The molecule has 1 aromatic rings. The van der Waals surface area contributed by atoms with Gasteiger partial charge in [0, 0.05) is 16.9 Å². The van der Waals surface area contributed by atoms with Crippen molar-refractivity contribution in [2.45, 2.75) is 37.3 Å². The topological polar surface area (TPSA) is 55.4 Å². The van der Waals surface area contributed by atoms with Gasteiger partial charge in [-0.15, -0.1) is 11.8 Å². The Kier molecular flexibility index (Phi) is 6.80. The van der Waals surface area contributed by atoms with Gasteiger partial charge in [-0.05, 0) is 12.5 Å². The Balaban J connectivity index is 3.05. The average molecular weight is 331 g/mol. The number of rotatable bonds is 6. The lowest BCUT2D eigenvalue weighted by atomic mass is 10.2. The van der Waals surface area contributed by atoms with Crippen LogP contribution in [0.15, 0.2) is 17.0 Å². The summed E-state index contributed by atoms with van der Waals surface area (Å²) in [4.78, 5) is 23.3. The highest BCUT2D eigenvalue weighted by atomic mass is 32.2. The number of carbonyl (C=O) groups is 2. The van der Waals surface area contributed by atoms with Crippen LogP contribution in [0.2, 0.25) is 0 Å². The van der Waals surface area contributed by atoms with Gasteiger partial charge in [0.1, 0.15) is 16.9 Å². The maximum Gasteiger partial charge on any atom is 0.319 e. The Labute approximate surface area is 132 Å². The molecule has 1 rings (SSSR count). The molecule has 0 aliphatic rings. The van der Waals surface area contributed by atoms with Crippen LogP contribution in [0.4, 0.5) is 14.5 Å². The number of nitrogens with one attached hydrogen (secondary N) is 1. The number of thioether (sulfide) groups is 1. The van der Waals surface area contributed by atoms with Crippen LogP contribution in [-0.4, -0.2) is 24.2 Å². The number of benzene rings is 1. The van der Waals surface area contributed by atoms with Crippen molar-refractivity contribution >= 4 is 29.3 Å². The van der Waals surface area contributed by atoms with Crippen LogP contribution >= 0.6 is 11.8 Å². The molecule has 22 heavy (non-hydrogen) atoms. The fourth-order valence-electron chi connectivity index (χ4n) is 1.58. The number of amides is 1. The van der Waals surface area contributed by atoms with Crippen LogP contribution in [0.25, 0.3) is 0 Å². The van der Waals surface area contributed by atoms with Crippen LogP contribution < -0.4 is 5.32 Å². The molecule has 0 spiro atoms. The molecule has 0 aliphatic carbocycles. The van der Waals surface area contributed by atoms with E-state index in [0.29, 0.717) is 12.5 Å². The Morgan fingerprint density at radius 1 is 1.27 bits per heavy atom. The highest BCUT2D eigenvalue weighted by Crippen LogP contribution is 2.32. The minimum atomic E-state index is -0.859. The molecule has 0 saturated carbocycles. The Hall–Kier alpha value is -1.63. The van der Waals surface area contributed by atoms with Gasteiger partial charge in [0.2, 0.25) is 5.91 Å². The van der Waals surface area contributed by atoms with Gasteiger partial charge >= 0.3 is 5.97 Å². The van der Waals surface area contributed by atoms with E-state index in [4.69, 9.17) is 0 Å². The van der Waals surface area contributed by atoms with Gasteiger partial charge < -0.3 is 10.1 Å². The van der Waals surface area contributed by atoms with Crippen molar-refractivity contribution in [3.05, 3.63) is 23.8 Å². The van der Waals surface area contributed by atoms with E-state index >= 15 is 0 Å². The first-order chi connectivity index (χ1) is 10.3. The SMILES string of the molecule is CCC(Sc1cc(NC(=O)C(C)C)c(F)cc1F)C(=O)OC. The zero-order valence-corrected chi connectivity index (χ0v) is 13.7. The van der Waals surface area contributed by atoms with Crippen LogP contribution in [0, 0.1) is 17.6 Å². The zero-order chi connectivity index (χ0) is 16.9. The first kappa shape index (κ1) is 18.4. The molecule has 1 amide bonds. The van der Waals surface area contributed by atoms with Crippen LogP contribution in [0.1, 0.15) is 27.2 Å². The highest BCUT2D eigenvalue weighted by molar-refractivity contribution is 8.00. The number of anilines is 1. The van der Waals surface area contributed by atoms with E-state index in [2.05, 4.69) is 10.1 Å². The van der Waals surface area contributed by atoms with E-state index in [1.54, 1.807) is 20.8 Å². The lowest BCUT2D eigenvalue weighted by molar-refractivity contribution is -0.140. The number of halogens is 2. The van der Waals surface area contributed by atoms with Gasteiger partial charge in [0.25, 0.3) is 0 Å². The molecule has 1 unspecified atom stereocenters. The van der Waals surface area contributed by atoms with Gasteiger partial charge in [0.15, 0.2) is 0 Å². The Morgan fingerprint density at radius 2 is 1.91 bits per heavy atom. The molecule has 122 valence electrons. The van der Waals surface area contributed by atoms with Crippen LogP contribution in [0.5, 0.6) is 0 Å². The molecule has 0 aliphatic heterocycles. The van der Waals surface area contributed by atoms with E-state index < -0.39 is 22.9 Å². The van der Waals surface area contributed by atoms with E-state index in [9.17, 15) is 18.4 Å². The van der Waals surface area contributed by atoms with Gasteiger partial charge in [-0.2, -0.15) is 0 Å². The predicted molar refractivity (Wildman–Crippen MR) is 81.8 cm³/mol. The van der Waals surface area contributed by atoms with Gasteiger partial charge in [0.05, 0.1) is 12.8 Å². The maximum absolute atomic E-state index is 13.9. The molecular formula is C15H19F2NO3S. The lowest BCUT2D eigenvalue weighted by Gasteiger charge is -2.15. The second kappa shape index (κ2) is 8.12. The largest absolute Gasteiger partial charge is 0.468 e. The van der Waals surface area contributed by atoms with Gasteiger partial charge in [-0.25, -0.2) is 8.78 Å². The van der Waals surface area contributed by atoms with E-state index in [-0.39, 0.29) is 22.4 Å². The zero-order valence-electron chi connectivity index (χ0n) is 12.9. The average Bonchev–Trinajstić information content (AvgIpc) is 2.47. The summed E-state index contributed by atoms with van der Waals surface area (Å²) in [5.74, 6) is -2.83. The third-order valence-corrected chi connectivity index (χ3v) is 4.28. The molecule has 0 heterocycles. The lowest BCUT2D eigenvalue weighted by Crippen LogP contribution is -2.19. The molecule has 0 fully saturated rings. The minimum absolute atomic E-state index is 0.0812. The van der Waals surface area contributed by atoms with Crippen molar-refractivity contribution in [1.29, 1.82) is 0 Å². The number of ether oxygens (including phenoxy) is 1. The third-order valence-electron chi connectivity index (χ3n) is 2.91. The van der Waals surface area contributed by atoms with Crippen molar-refractivity contribution in [1.82, 2.24) is 0 Å². The number of hydrogen-bond donors (Lipinski definition) is 1. The number of hydrogen-bond acceptors (Lipinski definition) is 4. The third kappa shape index (κ3) is 4.69. The molecule has 0 saturated heterocycles. The van der Waals surface area contributed by atoms with E-state index in [1.165, 1.54) is 13.2 Å². The normalized spacial score (nSPS) is 12.1. The Morgan fingerprint density at radius 3 is 2.41 bits per heavy atom. The molecular weight excluding hydrogens is 312 g/mol. The van der Waals surface area contributed by atoms with Gasteiger partial charge in [-0.1, -0.05) is 20.8 Å². The van der Waals surface area contributed by atoms with Crippen LogP contribution in [0.3, 0.4) is 0 Å². The van der Waals surface area contributed by atoms with E-state index in [0.717, 1.165) is 11.8 Å². The molecule has 1 N–H and O–H groups in total. The molecule has 1 atom stereocenters. The first-order valence-electron chi connectivity index (χ1n) is 6.84. The second-order valence-electron chi connectivity index (χ2n) is 4.94. The molecule has 1 aromatic carbocycles. The smallest absolute Gasteiger partial charge is 0.319 e. The molecule has 0 radical (unpaired) electrons. The number of carbonyl (C=O) groups excluding carboxylic acids is 2. The predicted octanol–water partition coefficient (Wildman–Crippen LogP) is 3.60. The summed E-state index contributed by atoms with van der Waals surface area (Å²) in [5.41, 5.74) is -0.109. The van der Waals surface area contributed by atoms with Crippen molar-refractivity contribution in [2.24, 2.45) is 5.92 Å². The highest BCUT2D eigenvalue weighted by Gasteiger charge is 2.22. The number of methoxy groups -OCH3 is 1. The number of esters is 1. The fourth-order valence-corrected chi connectivity index (χ4v) is 2.60. The monoisotopic (exact) mass is 331 g/mol. The maximum atomic E-state index is 13.9.